The second kappa shape index (κ2) is 4.61. The Bertz CT molecular complexity index is 811. The van der Waals surface area contributed by atoms with Gasteiger partial charge in [0.1, 0.15) is 0 Å². The normalized spacial score (nSPS) is 10.8. The maximum atomic E-state index is 10.7. The highest BCUT2D eigenvalue weighted by molar-refractivity contribution is 9.10. The fourth-order valence-electron chi connectivity index (χ4n) is 2.13. The number of aromatic amines is 1. The van der Waals surface area contributed by atoms with E-state index in [4.69, 9.17) is 5.73 Å². The minimum absolute atomic E-state index is 0.0577. The first-order valence-electron chi connectivity index (χ1n) is 5.75. The maximum absolute atomic E-state index is 10.7. The van der Waals surface area contributed by atoms with Crippen molar-refractivity contribution < 1.29 is 4.92 Å². The summed E-state index contributed by atoms with van der Waals surface area (Å²) in [6.45, 7) is 0. The number of H-pyrrole nitrogens is 1. The van der Waals surface area contributed by atoms with E-state index in [-0.39, 0.29) is 5.69 Å². The second-order valence-electron chi connectivity index (χ2n) is 4.26. The van der Waals surface area contributed by atoms with E-state index in [0.717, 1.165) is 26.5 Å². The number of aromatic nitrogens is 2. The molecule has 0 spiro atoms. The quantitative estimate of drug-likeness (QED) is 0.554. The van der Waals surface area contributed by atoms with Gasteiger partial charge in [0, 0.05) is 16.6 Å². The minimum Gasteiger partial charge on any atom is -0.382 e. The number of nitrogens with zero attached hydrogens (tertiary/aromatic N) is 2. The van der Waals surface area contributed by atoms with Crippen LogP contribution in [0.3, 0.4) is 0 Å². The van der Waals surface area contributed by atoms with Gasteiger partial charge in [-0.25, -0.2) is 0 Å². The molecule has 0 aliphatic carbocycles. The molecule has 1 heterocycles. The molecule has 7 heteroatoms. The summed E-state index contributed by atoms with van der Waals surface area (Å²) in [6.07, 6.45) is 0. The lowest BCUT2D eigenvalue weighted by atomic mass is 10.0. The third-order valence-corrected chi connectivity index (χ3v) is 3.75. The molecule has 0 saturated heterocycles. The van der Waals surface area contributed by atoms with Crippen LogP contribution in [0, 0.1) is 10.1 Å². The molecular formula is C13H9BrN4O2. The predicted molar refractivity (Wildman–Crippen MR) is 80.3 cm³/mol. The molecule has 0 aliphatic rings. The Balaban J connectivity index is 2.21. The van der Waals surface area contributed by atoms with E-state index in [9.17, 15) is 10.1 Å². The van der Waals surface area contributed by atoms with Gasteiger partial charge >= 0.3 is 0 Å². The lowest BCUT2D eigenvalue weighted by Gasteiger charge is -2.05. The van der Waals surface area contributed by atoms with Crippen molar-refractivity contribution in [2.24, 2.45) is 0 Å². The van der Waals surface area contributed by atoms with Crippen LogP contribution in [0.1, 0.15) is 0 Å². The van der Waals surface area contributed by atoms with Gasteiger partial charge in [-0.2, -0.15) is 5.10 Å². The number of nitrogen functional groups attached to an aromatic ring is 1. The van der Waals surface area contributed by atoms with Crippen molar-refractivity contribution in [2.45, 2.75) is 0 Å². The zero-order valence-electron chi connectivity index (χ0n) is 10.1. The van der Waals surface area contributed by atoms with Crippen molar-refractivity contribution in [1.82, 2.24) is 10.2 Å². The van der Waals surface area contributed by atoms with Crippen LogP contribution in [0.15, 0.2) is 40.9 Å². The number of nitrogens with two attached hydrogens (primary N) is 1. The van der Waals surface area contributed by atoms with Crippen molar-refractivity contribution in [3.8, 4) is 11.1 Å². The van der Waals surface area contributed by atoms with Crippen LogP contribution >= 0.6 is 15.9 Å². The first-order valence-corrected chi connectivity index (χ1v) is 6.54. The number of fused-ring (bicyclic) bond motifs is 1. The van der Waals surface area contributed by atoms with Gasteiger partial charge < -0.3 is 5.73 Å². The standard InChI is InChI=1S/C13H9BrN4O2/c14-10-6-5-9(11-12(10)16-17-13(11)15)7-1-3-8(4-2-7)18(19)20/h1-6H,(H3,15,16,17). The molecule has 0 amide bonds. The van der Waals surface area contributed by atoms with Gasteiger partial charge in [0.15, 0.2) is 5.82 Å². The number of hydrogen-bond donors (Lipinski definition) is 2. The van der Waals surface area contributed by atoms with Crippen molar-refractivity contribution in [3.63, 3.8) is 0 Å². The fraction of sp³-hybridized carbons (Fsp3) is 0. The van der Waals surface area contributed by atoms with E-state index in [2.05, 4.69) is 26.1 Å². The van der Waals surface area contributed by atoms with Crippen LogP contribution in [0.25, 0.3) is 22.0 Å². The highest BCUT2D eigenvalue weighted by atomic mass is 79.9. The zero-order valence-corrected chi connectivity index (χ0v) is 11.7. The SMILES string of the molecule is Nc1n[nH]c2c(Br)ccc(-c3ccc([N+](=O)[O-])cc3)c12. The molecule has 0 atom stereocenters. The Kier molecular flexibility index (Phi) is 2.90. The number of nitrogens with one attached hydrogen (secondary N) is 1. The lowest BCUT2D eigenvalue weighted by Crippen LogP contribution is -1.89. The molecule has 2 aromatic carbocycles. The number of hydrogen-bond acceptors (Lipinski definition) is 4. The molecule has 1 aromatic heterocycles. The summed E-state index contributed by atoms with van der Waals surface area (Å²) in [4.78, 5) is 10.3. The van der Waals surface area contributed by atoms with E-state index in [1.807, 2.05) is 12.1 Å². The van der Waals surface area contributed by atoms with Gasteiger partial charge in [0.2, 0.25) is 0 Å². The van der Waals surface area contributed by atoms with Gasteiger partial charge in [-0.05, 0) is 45.3 Å². The van der Waals surface area contributed by atoms with E-state index < -0.39 is 4.92 Å². The van der Waals surface area contributed by atoms with Gasteiger partial charge in [0.05, 0.1) is 15.8 Å². The van der Waals surface area contributed by atoms with Crippen LogP contribution in [0.5, 0.6) is 0 Å². The third-order valence-electron chi connectivity index (χ3n) is 3.09. The monoisotopic (exact) mass is 332 g/mol. The van der Waals surface area contributed by atoms with Crippen molar-refractivity contribution in [1.29, 1.82) is 0 Å². The number of nitro groups is 1. The average Bonchev–Trinajstić information content (AvgIpc) is 2.83. The average molecular weight is 333 g/mol. The molecule has 3 aromatic rings. The number of halogens is 1. The molecule has 3 rings (SSSR count). The highest BCUT2D eigenvalue weighted by Crippen LogP contribution is 2.35. The van der Waals surface area contributed by atoms with Crippen molar-refractivity contribution in [2.75, 3.05) is 5.73 Å². The molecule has 0 unspecified atom stereocenters. The minimum atomic E-state index is -0.423. The van der Waals surface area contributed by atoms with Crippen LogP contribution in [0.2, 0.25) is 0 Å². The Hall–Kier alpha value is -2.41. The molecule has 0 fully saturated rings. The first kappa shape index (κ1) is 12.6. The van der Waals surface area contributed by atoms with Crippen molar-refractivity contribution >= 4 is 38.3 Å². The molecule has 20 heavy (non-hydrogen) atoms. The highest BCUT2D eigenvalue weighted by Gasteiger charge is 2.13. The van der Waals surface area contributed by atoms with Gasteiger partial charge in [-0.1, -0.05) is 6.07 Å². The summed E-state index contributed by atoms with van der Waals surface area (Å²) in [5.74, 6) is 0.398. The number of benzene rings is 2. The topological polar surface area (TPSA) is 97.8 Å². The maximum Gasteiger partial charge on any atom is 0.269 e. The van der Waals surface area contributed by atoms with E-state index in [0.29, 0.717) is 5.82 Å². The van der Waals surface area contributed by atoms with Crippen LogP contribution in [0.4, 0.5) is 11.5 Å². The molecule has 0 aliphatic heterocycles. The summed E-state index contributed by atoms with van der Waals surface area (Å²) in [5.41, 5.74) is 8.48. The largest absolute Gasteiger partial charge is 0.382 e. The van der Waals surface area contributed by atoms with Crippen LogP contribution in [-0.2, 0) is 0 Å². The Morgan fingerprint density at radius 3 is 2.55 bits per heavy atom. The van der Waals surface area contributed by atoms with Gasteiger partial charge in [-0.15, -0.1) is 0 Å². The van der Waals surface area contributed by atoms with Crippen molar-refractivity contribution in [3.05, 3.63) is 51.0 Å². The number of anilines is 1. The second-order valence-corrected chi connectivity index (χ2v) is 5.11. The molecular weight excluding hydrogens is 324 g/mol. The smallest absolute Gasteiger partial charge is 0.269 e. The Morgan fingerprint density at radius 2 is 1.90 bits per heavy atom. The van der Waals surface area contributed by atoms with E-state index in [1.54, 1.807) is 12.1 Å². The molecule has 100 valence electrons. The number of rotatable bonds is 2. The predicted octanol–water partition coefficient (Wildman–Crippen LogP) is 3.48. The summed E-state index contributed by atoms with van der Waals surface area (Å²) in [7, 11) is 0. The summed E-state index contributed by atoms with van der Waals surface area (Å²) in [6, 6.07) is 10.1. The van der Waals surface area contributed by atoms with E-state index in [1.165, 1.54) is 12.1 Å². The van der Waals surface area contributed by atoms with Gasteiger partial charge in [-0.3, -0.25) is 15.2 Å². The summed E-state index contributed by atoms with van der Waals surface area (Å²) >= 11 is 3.43. The van der Waals surface area contributed by atoms with Gasteiger partial charge in [0.25, 0.3) is 5.69 Å². The molecule has 0 radical (unpaired) electrons. The lowest BCUT2D eigenvalue weighted by molar-refractivity contribution is -0.384. The fourth-order valence-corrected chi connectivity index (χ4v) is 2.55. The number of non-ortho nitro benzene ring substituents is 1. The van der Waals surface area contributed by atoms with Crippen LogP contribution < -0.4 is 5.73 Å². The first-order chi connectivity index (χ1) is 9.58. The third kappa shape index (κ3) is 1.92. The Labute approximate surface area is 121 Å². The molecule has 6 nitrogen and oxygen atoms in total. The molecule has 0 bridgehead atoms. The number of nitro benzene ring substituents is 1. The Morgan fingerprint density at radius 1 is 1.20 bits per heavy atom. The molecule has 0 saturated carbocycles. The summed E-state index contributed by atoms with van der Waals surface area (Å²) < 4.78 is 0.863. The van der Waals surface area contributed by atoms with Crippen LogP contribution in [-0.4, -0.2) is 15.1 Å². The summed E-state index contributed by atoms with van der Waals surface area (Å²) in [5, 5.41) is 18.4. The molecule has 3 N–H and O–H groups in total. The van der Waals surface area contributed by atoms with E-state index >= 15 is 0 Å². The zero-order chi connectivity index (χ0) is 14.3.